The average molecular weight is 615 g/mol. The lowest BCUT2D eigenvalue weighted by atomic mass is 9.78. The van der Waals surface area contributed by atoms with Gasteiger partial charge >= 0.3 is 0 Å². The molecule has 0 radical (unpaired) electrons. The number of piperidine rings is 1. The van der Waals surface area contributed by atoms with E-state index in [1.807, 2.05) is 13.0 Å². The third-order valence-electron chi connectivity index (χ3n) is 10.4. The highest BCUT2D eigenvalue weighted by molar-refractivity contribution is 5.97. The summed E-state index contributed by atoms with van der Waals surface area (Å²) in [5.74, 6) is 0.451. The highest BCUT2D eigenvalue weighted by Crippen LogP contribution is 2.45. The largest absolute Gasteiger partial charge is 0.381 e. The molecule has 1 aromatic carbocycles. The van der Waals surface area contributed by atoms with Gasteiger partial charge in [-0.15, -0.1) is 0 Å². The van der Waals surface area contributed by atoms with Gasteiger partial charge in [0.2, 0.25) is 0 Å². The van der Waals surface area contributed by atoms with Gasteiger partial charge in [-0.1, -0.05) is 0 Å². The number of ether oxygens (including phenoxy) is 1. The second-order valence-corrected chi connectivity index (χ2v) is 13.3. The summed E-state index contributed by atoms with van der Waals surface area (Å²) in [6.45, 7) is 13.2. The number of anilines is 4. The Balaban J connectivity index is 1.14. The fraction of sp³-hybridized carbons (Fsp3) is 0.576. The number of aryl methyl sites for hydroxylation is 2. The van der Waals surface area contributed by atoms with Gasteiger partial charge in [0, 0.05) is 87.7 Å². The number of primary amides is 1. The molecular formula is C33H46N10O2. The van der Waals surface area contributed by atoms with Crippen molar-refractivity contribution < 1.29 is 9.53 Å². The molecule has 1 spiro atoms. The molecule has 2 aromatic heterocycles. The second kappa shape index (κ2) is 12.2. The Labute approximate surface area is 265 Å². The Bertz CT molecular complexity index is 1530. The van der Waals surface area contributed by atoms with Crippen LogP contribution in [0.1, 0.15) is 53.8 Å². The van der Waals surface area contributed by atoms with Gasteiger partial charge in [0.15, 0.2) is 17.3 Å². The molecule has 0 saturated carbocycles. The van der Waals surface area contributed by atoms with Gasteiger partial charge in [-0.3, -0.25) is 14.8 Å². The molecule has 12 heteroatoms. The quantitative estimate of drug-likeness (QED) is 0.364. The third-order valence-corrected chi connectivity index (χ3v) is 10.4. The standard InChI is InChI=1S/C33H46N10O2/c1-22-20-24(4-5-27(22)42-11-6-25(7-12-42)41-16-14-40(3)15-17-41)35-31-29(30(34)44)36-28(26-21-23(2)38-39-26)32(37-31)43-13-8-33(43)9-18-45-19-10-33/h4-5,20-21,25H,6-19H2,1-3H3,(H2,34,44)(H,35,37)(H,38,39). The summed E-state index contributed by atoms with van der Waals surface area (Å²) in [7, 11) is 2.22. The Morgan fingerprint density at radius 3 is 2.38 bits per heavy atom. The molecule has 4 N–H and O–H groups in total. The molecule has 0 bridgehead atoms. The first kappa shape index (κ1) is 29.9. The molecule has 4 aliphatic heterocycles. The molecule has 4 aliphatic rings. The lowest BCUT2D eigenvalue weighted by Crippen LogP contribution is -2.63. The number of rotatable bonds is 7. The first-order chi connectivity index (χ1) is 21.8. The second-order valence-electron chi connectivity index (χ2n) is 13.3. The van der Waals surface area contributed by atoms with Gasteiger partial charge in [-0.25, -0.2) is 9.97 Å². The maximum absolute atomic E-state index is 12.8. The summed E-state index contributed by atoms with van der Waals surface area (Å²) in [4.78, 5) is 32.6. The highest BCUT2D eigenvalue weighted by Gasteiger charge is 2.47. The Morgan fingerprint density at radius 1 is 1.00 bits per heavy atom. The molecule has 0 unspecified atom stereocenters. The molecule has 4 saturated heterocycles. The summed E-state index contributed by atoms with van der Waals surface area (Å²) in [6.07, 6.45) is 5.32. The molecular weight excluding hydrogens is 568 g/mol. The van der Waals surface area contributed by atoms with Gasteiger partial charge in [0.05, 0.1) is 0 Å². The lowest BCUT2D eigenvalue weighted by molar-refractivity contribution is 0.0285. The lowest BCUT2D eigenvalue weighted by Gasteiger charge is -2.55. The number of likely N-dealkylation sites (N-methyl/N-ethyl adjacent to an activating group) is 1. The van der Waals surface area contributed by atoms with Crippen LogP contribution in [0.5, 0.6) is 0 Å². The average Bonchev–Trinajstić information content (AvgIpc) is 3.47. The third kappa shape index (κ3) is 5.86. The summed E-state index contributed by atoms with van der Waals surface area (Å²) in [5, 5.41) is 10.9. The van der Waals surface area contributed by atoms with Crippen LogP contribution in [-0.4, -0.2) is 114 Å². The van der Waals surface area contributed by atoms with Crippen LogP contribution in [0.2, 0.25) is 0 Å². The van der Waals surface area contributed by atoms with Crippen molar-refractivity contribution in [2.75, 3.05) is 81.2 Å². The number of piperazine rings is 1. The van der Waals surface area contributed by atoms with E-state index in [1.165, 1.54) is 37.2 Å². The van der Waals surface area contributed by atoms with Crippen LogP contribution in [0, 0.1) is 13.8 Å². The normalized spacial score (nSPS) is 21.2. The van der Waals surface area contributed by atoms with E-state index in [1.54, 1.807) is 0 Å². The van der Waals surface area contributed by atoms with E-state index in [9.17, 15) is 4.79 Å². The maximum atomic E-state index is 12.8. The molecule has 7 rings (SSSR count). The van der Waals surface area contributed by atoms with Crippen molar-refractivity contribution in [3.05, 3.63) is 41.2 Å². The minimum atomic E-state index is -0.633. The SMILES string of the molecule is Cc1cc(-c2nc(C(N)=O)c(Nc3ccc(N4CCC(N5CCN(C)CC5)CC4)c(C)c3)nc2N2CCC23CCOCC3)n[nH]1. The summed E-state index contributed by atoms with van der Waals surface area (Å²) in [6, 6.07) is 8.98. The topological polar surface area (TPSA) is 132 Å². The summed E-state index contributed by atoms with van der Waals surface area (Å²) < 4.78 is 5.70. The zero-order chi connectivity index (χ0) is 31.1. The van der Waals surface area contributed by atoms with Crippen LogP contribution >= 0.6 is 0 Å². The number of nitrogens with zero attached hydrogens (tertiary/aromatic N) is 7. The number of carbonyl (C=O) groups is 1. The maximum Gasteiger partial charge on any atom is 0.271 e. The number of aromatic amines is 1. The van der Waals surface area contributed by atoms with Crippen molar-refractivity contribution in [1.29, 1.82) is 0 Å². The predicted molar refractivity (Wildman–Crippen MR) is 176 cm³/mol. The Morgan fingerprint density at radius 2 is 1.76 bits per heavy atom. The van der Waals surface area contributed by atoms with Crippen LogP contribution in [0.4, 0.5) is 23.0 Å². The number of nitrogens with one attached hydrogen (secondary N) is 2. The van der Waals surface area contributed by atoms with E-state index in [4.69, 9.17) is 20.4 Å². The molecule has 6 heterocycles. The molecule has 240 valence electrons. The van der Waals surface area contributed by atoms with Crippen molar-refractivity contribution in [3.8, 4) is 11.4 Å². The van der Waals surface area contributed by atoms with Gasteiger partial charge in [0.25, 0.3) is 5.91 Å². The van der Waals surface area contributed by atoms with Crippen molar-refractivity contribution in [2.45, 2.75) is 57.5 Å². The van der Waals surface area contributed by atoms with Crippen LogP contribution < -0.4 is 20.9 Å². The van der Waals surface area contributed by atoms with Crippen molar-refractivity contribution >= 4 is 28.9 Å². The Kier molecular flexibility index (Phi) is 8.13. The molecule has 1 amide bonds. The van der Waals surface area contributed by atoms with Crippen molar-refractivity contribution in [2.24, 2.45) is 5.73 Å². The number of carbonyl (C=O) groups excluding carboxylic acids is 1. The number of hydrogen-bond acceptors (Lipinski definition) is 10. The first-order valence-corrected chi connectivity index (χ1v) is 16.4. The van der Waals surface area contributed by atoms with Crippen LogP contribution in [0.25, 0.3) is 11.4 Å². The summed E-state index contributed by atoms with van der Waals surface area (Å²) in [5.41, 5.74) is 11.4. The van der Waals surface area contributed by atoms with Gasteiger partial charge in [-0.05, 0) is 82.8 Å². The van der Waals surface area contributed by atoms with E-state index >= 15 is 0 Å². The van der Waals surface area contributed by atoms with Gasteiger partial charge < -0.3 is 30.5 Å². The number of H-pyrrole nitrogens is 1. The highest BCUT2D eigenvalue weighted by atomic mass is 16.5. The number of nitrogens with two attached hydrogens (primary N) is 1. The first-order valence-electron chi connectivity index (χ1n) is 16.4. The van der Waals surface area contributed by atoms with Crippen LogP contribution in [0.15, 0.2) is 24.3 Å². The zero-order valence-corrected chi connectivity index (χ0v) is 26.8. The summed E-state index contributed by atoms with van der Waals surface area (Å²) >= 11 is 0. The van der Waals surface area contributed by atoms with E-state index in [0.717, 1.165) is 82.4 Å². The number of hydrogen-bond donors (Lipinski definition) is 3. The van der Waals surface area contributed by atoms with E-state index in [2.05, 4.69) is 67.3 Å². The molecule has 3 aromatic rings. The van der Waals surface area contributed by atoms with Crippen molar-refractivity contribution in [3.63, 3.8) is 0 Å². The van der Waals surface area contributed by atoms with Gasteiger partial charge in [-0.2, -0.15) is 5.10 Å². The van der Waals surface area contributed by atoms with Crippen LogP contribution in [-0.2, 0) is 4.74 Å². The minimum absolute atomic E-state index is 0.0193. The van der Waals surface area contributed by atoms with Gasteiger partial charge in [0.1, 0.15) is 11.4 Å². The van der Waals surface area contributed by atoms with E-state index in [0.29, 0.717) is 23.2 Å². The smallest absolute Gasteiger partial charge is 0.271 e. The van der Waals surface area contributed by atoms with Crippen LogP contribution in [0.3, 0.4) is 0 Å². The molecule has 45 heavy (non-hydrogen) atoms. The number of benzene rings is 1. The monoisotopic (exact) mass is 614 g/mol. The number of aromatic nitrogens is 4. The predicted octanol–water partition coefficient (Wildman–Crippen LogP) is 3.30. The zero-order valence-electron chi connectivity index (χ0n) is 26.8. The molecule has 4 fully saturated rings. The van der Waals surface area contributed by atoms with E-state index in [-0.39, 0.29) is 11.2 Å². The fourth-order valence-electron chi connectivity index (χ4n) is 7.61. The molecule has 0 aliphatic carbocycles. The number of amides is 1. The fourth-order valence-corrected chi connectivity index (χ4v) is 7.61. The van der Waals surface area contributed by atoms with Crippen molar-refractivity contribution in [1.82, 2.24) is 30.0 Å². The Hall–Kier alpha value is -3.74. The molecule has 0 atom stereocenters. The van der Waals surface area contributed by atoms with E-state index < -0.39 is 5.91 Å². The minimum Gasteiger partial charge on any atom is -0.381 e. The molecule has 12 nitrogen and oxygen atoms in total.